The molecule has 0 bridgehead atoms. The van der Waals surface area contributed by atoms with Crippen molar-refractivity contribution >= 4 is 11.8 Å². The first kappa shape index (κ1) is 18.6. The molecule has 6 heteroatoms. The summed E-state index contributed by atoms with van der Waals surface area (Å²) >= 11 is 0. The topological polar surface area (TPSA) is 74.3 Å². The number of rotatable bonds is 6. The Morgan fingerprint density at radius 1 is 1.11 bits per heavy atom. The summed E-state index contributed by atoms with van der Waals surface area (Å²) in [6.07, 6.45) is 0.0392. The Kier molecular flexibility index (Phi) is 5.26. The molecule has 27 heavy (non-hydrogen) atoms. The van der Waals surface area contributed by atoms with E-state index in [9.17, 15) is 9.59 Å². The zero-order valence-corrected chi connectivity index (χ0v) is 15.9. The van der Waals surface area contributed by atoms with E-state index >= 15 is 0 Å². The third-order valence-electron chi connectivity index (χ3n) is 4.61. The van der Waals surface area contributed by atoms with Crippen molar-refractivity contribution in [3.8, 4) is 5.69 Å². The third-order valence-corrected chi connectivity index (χ3v) is 4.61. The van der Waals surface area contributed by atoms with E-state index in [0.29, 0.717) is 22.6 Å². The van der Waals surface area contributed by atoms with E-state index in [-0.39, 0.29) is 18.8 Å². The molecular weight excluding hydrogens is 344 g/mol. The number of ketones is 1. The van der Waals surface area contributed by atoms with Crippen LogP contribution in [0.4, 0.5) is 0 Å². The summed E-state index contributed by atoms with van der Waals surface area (Å²) < 4.78 is 12.2. The minimum Gasteiger partial charge on any atom is -0.457 e. The Bertz CT molecular complexity index is 964. The normalized spacial score (nSPS) is 10.8. The molecule has 0 atom stereocenters. The van der Waals surface area contributed by atoms with Crippen LogP contribution < -0.4 is 0 Å². The van der Waals surface area contributed by atoms with Gasteiger partial charge in [-0.1, -0.05) is 23.4 Å². The highest BCUT2D eigenvalue weighted by Crippen LogP contribution is 2.21. The van der Waals surface area contributed by atoms with Crippen LogP contribution in [0.25, 0.3) is 5.69 Å². The van der Waals surface area contributed by atoms with Crippen molar-refractivity contribution < 1.29 is 18.8 Å². The largest absolute Gasteiger partial charge is 0.457 e. The number of hydrogen-bond acceptors (Lipinski definition) is 5. The number of nitrogens with zero attached hydrogens (tertiary/aromatic N) is 2. The van der Waals surface area contributed by atoms with Crippen LogP contribution in [-0.2, 0) is 16.0 Å². The Labute approximate surface area is 157 Å². The molecule has 0 aliphatic carbocycles. The van der Waals surface area contributed by atoms with Gasteiger partial charge in [0.25, 0.3) is 0 Å². The molecular formula is C21H22N2O4. The lowest BCUT2D eigenvalue weighted by Crippen LogP contribution is -2.16. The summed E-state index contributed by atoms with van der Waals surface area (Å²) in [6.45, 7) is 7.05. The molecule has 0 fully saturated rings. The van der Waals surface area contributed by atoms with Crippen molar-refractivity contribution in [2.45, 2.75) is 34.1 Å². The van der Waals surface area contributed by atoms with Gasteiger partial charge in [0.2, 0.25) is 5.78 Å². The number of para-hydroxylation sites is 1. The maximum absolute atomic E-state index is 12.6. The lowest BCUT2D eigenvalue weighted by atomic mass is 10.1. The molecule has 140 valence electrons. The average molecular weight is 366 g/mol. The van der Waals surface area contributed by atoms with Crippen molar-refractivity contribution in [2.75, 3.05) is 6.61 Å². The maximum atomic E-state index is 12.6. The van der Waals surface area contributed by atoms with Crippen molar-refractivity contribution in [3.05, 3.63) is 70.4 Å². The summed E-state index contributed by atoms with van der Waals surface area (Å²) in [5.74, 6) is -0.116. The fourth-order valence-electron chi connectivity index (χ4n) is 3.19. The number of benzene rings is 1. The maximum Gasteiger partial charge on any atom is 0.310 e. The molecule has 0 amide bonds. The van der Waals surface area contributed by atoms with Gasteiger partial charge in [-0.25, -0.2) is 0 Å². The fraction of sp³-hybridized carbons (Fsp3) is 0.286. The zero-order valence-electron chi connectivity index (χ0n) is 15.9. The molecule has 3 rings (SSSR count). The number of ether oxygens (including phenoxy) is 1. The predicted octanol–water partition coefficient (Wildman–Crippen LogP) is 3.67. The molecule has 0 aliphatic heterocycles. The number of carbonyl (C=O) groups excluding carboxylic acids is 2. The highest BCUT2D eigenvalue weighted by atomic mass is 16.5. The van der Waals surface area contributed by atoms with Gasteiger partial charge in [-0.15, -0.1) is 0 Å². The van der Waals surface area contributed by atoms with Crippen LogP contribution in [0.15, 0.2) is 40.9 Å². The first-order chi connectivity index (χ1) is 12.9. The van der Waals surface area contributed by atoms with Gasteiger partial charge in [-0.2, -0.15) is 0 Å². The van der Waals surface area contributed by atoms with Crippen molar-refractivity contribution in [3.63, 3.8) is 0 Å². The van der Waals surface area contributed by atoms with Gasteiger partial charge in [0.1, 0.15) is 5.76 Å². The molecule has 0 aliphatic rings. The highest BCUT2D eigenvalue weighted by molar-refractivity contribution is 5.99. The molecule has 2 heterocycles. The van der Waals surface area contributed by atoms with Crippen molar-refractivity contribution in [2.24, 2.45) is 0 Å². The van der Waals surface area contributed by atoms with E-state index in [2.05, 4.69) is 5.16 Å². The smallest absolute Gasteiger partial charge is 0.310 e. The van der Waals surface area contributed by atoms with E-state index in [0.717, 1.165) is 17.1 Å². The summed E-state index contributed by atoms with van der Waals surface area (Å²) in [5.41, 5.74) is 4.68. The fourth-order valence-corrected chi connectivity index (χ4v) is 3.19. The number of hydrogen-bond donors (Lipinski definition) is 0. The number of Topliss-reactive ketones (excluding diaryl/α,β-unsaturated/α-hetero) is 1. The van der Waals surface area contributed by atoms with Crippen molar-refractivity contribution in [1.29, 1.82) is 0 Å². The lowest BCUT2D eigenvalue weighted by molar-refractivity contribution is -0.141. The number of carbonyl (C=O) groups is 2. The summed E-state index contributed by atoms with van der Waals surface area (Å²) in [6, 6.07) is 11.6. The quantitative estimate of drug-likeness (QED) is 0.491. The van der Waals surface area contributed by atoms with Gasteiger partial charge in [-0.05, 0) is 45.9 Å². The molecule has 0 saturated heterocycles. The first-order valence-electron chi connectivity index (χ1n) is 8.73. The van der Waals surface area contributed by atoms with Crippen LogP contribution in [0.2, 0.25) is 0 Å². The number of aryl methyl sites for hydroxylation is 3. The van der Waals surface area contributed by atoms with Crippen molar-refractivity contribution in [1.82, 2.24) is 9.72 Å². The van der Waals surface area contributed by atoms with Gasteiger partial charge >= 0.3 is 5.97 Å². The molecule has 1 aromatic carbocycles. The Hall–Kier alpha value is -3.15. The number of aromatic nitrogens is 2. The van der Waals surface area contributed by atoms with Gasteiger partial charge in [0.15, 0.2) is 6.61 Å². The molecule has 3 aromatic rings. The Balaban J connectivity index is 1.69. The summed E-state index contributed by atoms with van der Waals surface area (Å²) in [4.78, 5) is 24.7. The summed E-state index contributed by atoms with van der Waals surface area (Å²) in [5, 5.41) is 3.81. The van der Waals surface area contributed by atoms with E-state index in [1.807, 2.05) is 54.8 Å². The van der Waals surface area contributed by atoms with Crippen LogP contribution in [-0.4, -0.2) is 28.1 Å². The minimum absolute atomic E-state index is 0.0392. The van der Waals surface area contributed by atoms with Crippen LogP contribution in [0.5, 0.6) is 0 Å². The van der Waals surface area contributed by atoms with E-state index < -0.39 is 5.97 Å². The lowest BCUT2D eigenvalue weighted by Gasteiger charge is -2.09. The molecule has 2 aromatic heterocycles. The van der Waals surface area contributed by atoms with Gasteiger partial charge in [0, 0.05) is 28.2 Å². The average Bonchev–Trinajstić information content (AvgIpc) is 3.13. The van der Waals surface area contributed by atoms with E-state index in [1.165, 1.54) is 0 Å². The first-order valence-corrected chi connectivity index (χ1v) is 8.73. The predicted molar refractivity (Wildman–Crippen MR) is 100 cm³/mol. The second-order valence-electron chi connectivity index (χ2n) is 6.52. The van der Waals surface area contributed by atoms with Gasteiger partial charge in [-0.3, -0.25) is 9.59 Å². The second kappa shape index (κ2) is 7.61. The van der Waals surface area contributed by atoms with Crippen LogP contribution in [0.1, 0.15) is 38.8 Å². The van der Waals surface area contributed by atoms with E-state index in [4.69, 9.17) is 9.26 Å². The summed E-state index contributed by atoms with van der Waals surface area (Å²) in [7, 11) is 0. The van der Waals surface area contributed by atoms with Crippen LogP contribution in [0, 0.1) is 27.7 Å². The Morgan fingerprint density at radius 2 is 1.81 bits per heavy atom. The third kappa shape index (κ3) is 3.84. The highest BCUT2D eigenvalue weighted by Gasteiger charge is 2.19. The molecule has 0 N–H and O–H groups in total. The SMILES string of the molecule is Cc1noc(C)c1CC(=O)OCC(=O)c1cc(C)n(-c2ccccc2)c1C. The molecule has 0 spiro atoms. The minimum atomic E-state index is -0.477. The Morgan fingerprint density at radius 3 is 2.44 bits per heavy atom. The zero-order chi connectivity index (χ0) is 19.6. The molecule has 6 nitrogen and oxygen atoms in total. The molecule has 0 saturated carbocycles. The molecule has 0 unspecified atom stereocenters. The van der Waals surface area contributed by atoms with Gasteiger partial charge < -0.3 is 13.8 Å². The van der Waals surface area contributed by atoms with Gasteiger partial charge in [0.05, 0.1) is 12.1 Å². The van der Waals surface area contributed by atoms with E-state index in [1.54, 1.807) is 13.8 Å². The second-order valence-corrected chi connectivity index (χ2v) is 6.52. The van der Waals surface area contributed by atoms with Crippen LogP contribution >= 0.6 is 0 Å². The monoisotopic (exact) mass is 366 g/mol. The molecule has 0 radical (unpaired) electrons. The number of esters is 1. The van der Waals surface area contributed by atoms with Crippen LogP contribution in [0.3, 0.4) is 0 Å². The standard InChI is InChI=1S/C21H22N2O4/c1-13-10-19(15(3)23(13)17-8-6-5-7-9-17)20(24)12-26-21(25)11-18-14(2)22-27-16(18)4/h5-10H,11-12H2,1-4H3.